The summed E-state index contributed by atoms with van der Waals surface area (Å²) >= 11 is 0. The van der Waals surface area contributed by atoms with E-state index in [0.29, 0.717) is 5.92 Å². The zero-order chi connectivity index (χ0) is 32.9. The van der Waals surface area contributed by atoms with E-state index in [4.69, 9.17) is 5.10 Å². The maximum absolute atomic E-state index is 4.92. The number of fused-ring (bicyclic) bond motifs is 6. The number of nitrogens with zero attached hydrogens (tertiary/aromatic N) is 4. The van der Waals surface area contributed by atoms with Crippen LogP contribution >= 0.6 is 0 Å². The number of benzene rings is 3. The molecule has 0 bridgehead atoms. The van der Waals surface area contributed by atoms with E-state index in [9.17, 15) is 0 Å². The van der Waals surface area contributed by atoms with Gasteiger partial charge in [-0.1, -0.05) is 48.1 Å². The third-order valence-corrected chi connectivity index (χ3v) is 10.5. The highest BCUT2D eigenvalue weighted by Gasteiger charge is 2.33. The van der Waals surface area contributed by atoms with E-state index >= 15 is 0 Å². The molecule has 1 N–H and O–H groups in total. The summed E-state index contributed by atoms with van der Waals surface area (Å²) in [7, 11) is 0. The molecular weight excluding hydrogens is 587 g/mol. The maximum atomic E-state index is 4.92. The number of aryl methyl sites for hydroxylation is 4. The van der Waals surface area contributed by atoms with Gasteiger partial charge in [0.1, 0.15) is 0 Å². The molecule has 1 atom stereocenters. The molecule has 2 aliphatic carbocycles. The second-order valence-corrected chi connectivity index (χ2v) is 13.3. The van der Waals surface area contributed by atoms with Crippen LogP contribution in [0.4, 0.5) is 0 Å². The van der Waals surface area contributed by atoms with Crippen LogP contribution in [-0.2, 0) is 13.0 Å². The van der Waals surface area contributed by atoms with Crippen molar-refractivity contribution in [1.82, 2.24) is 24.7 Å². The van der Waals surface area contributed by atoms with Crippen molar-refractivity contribution in [3.8, 4) is 11.1 Å². The average Bonchev–Trinajstić information content (AvgIpc) is 3.65. The number of allylic oxidation sites excluding steroid dienone is 4. The van der Waals surface area contributed by atoms with E-state index in [1.807, 2.05) is 24.4 Å². The van der Waals surface area contributed by atoms with Gasteiger partial charge in [-0.3, -0.25) is 14.6 Å². The Kier molecular flexibility index (Phi) is 7.55. The molecule has 3 aromatic carbocycles. The van der Waals surface area contributed by atoms with Crippen LogP contribution in [0.15, 0.2) is 103 Å². The van der Waals surface area contributed by atoms with Crippen molar-refractivity contribution in [2.24, 2.45) is 0 Å². The fourth-order valence-corrected chi connectivity index (χ4v) is 8.33. The van der Waals surface area contributed by atoms with Gasteiger partial charge in [0, 0.05) is 64.8 Å². The van der Waals surface area contributed by atoms with Crippen LogP contribution in [0.25, 0.3) is 49.3 Å². The van der Waals surface area contributed by atoms with E-state index in [-0.39, 0.29) is 0 Å². The minimum atomic E-state index is 0.392. The zero-order valence-electron chi connectivity index (χ0n) is 28.4. The predicted molar refractivity (Wildman–Crippen MR) is 199 cm³/mol. The second-order valence-electron chi connectivity index (χ2n) is 13.3. The quantitative estimate of drug-likeness (QED) is 0.212. The summed E-state index contributed by atoms with van der Waals surface area (Å²) in [6, 6.07) is 22.0. The smallest absolute Gasteiger partial charge is 0.0732 e. The standard InChI is InChI=1S/C35H35N3.C8H6N2/c1-6-38-23(5)35(22(4)37-38)31-18-30-29(27-10-7-8-11-28(27)31)15-14-24-17-25(16-20(2)33(24)30)26-12-9-13-32-34(26)21(3)19-36-32;1-2-7-6-9-5-3-8(7)10-4-1/h7,9-10,12-17,19,31,36H,6,8,11,18H2,1-5H3;1-6H. The minimum absolute atomic E-state index is 0.392. The SMILES string of the molecule is CCn1nc(C)c(C2Cc3c(ccc4cc(-c5cccc6[nH]cc(C)c56)cc(C)c34)C3=C2CCC=C3)c1C.c1cnc2ccncc2c1. The lowest BCUT2D eigenvalue weighted by atomic mass is 9.70. The Hall–Kier alpha value is -5.29. The number of aromatic nitrogens is 5. The van der Waals surface area contributed by atoms with Crippen molar-refractivity contribution in [2.45, 2.75) is 66.3 Å². The number of rotatable bonds is 3. The molecule has 0 radical (unpaired) electrons. The van der Waals surface area contributed by atoms with Crippen molar-refractivity contribution in [3.63, 3.8) is 0 Å². The van der Waals surface area contributed by atoms with E-state index in [2.05, 4.69) is 115 Å². The molecule has 7 aromatic rings. The summed E-state index contributed by atoms with van der Waals surface area (Å²) in [5, 5.41) is 10.1. The lowest BCUT2D eigenvalue weighted by Crippen LogP contribution is -2.18. The Morgan fingerprint density at radius 1 is 0.875 bits per heavy atom. The largest absolute Gasteiger partial charge is 0.361 e. The van der Waals surface area contributed by atoms with Crippen molar-refractivity contribution in [2.75, 3.05) is 0 Å². The third-order valence-electron chi connectivity index (χ3n) is 10.5. The van der Waals surface area contributed by atoms with Crippen LogP contribution in [0, 0.1) is 27.7 Å². The normalized spacial score (nSPS) is 15.5. The molecule has 5 nitrogen and oxygen atoms in total. The first-order valence-corrected chi connectivity index (χ1v) is 17.1. The van der Waals surface area contributed by atoms with Crippen LogP contribution in [0.1, 0.15) is 64.9 Å². The fourth-order valence-electron chi connectivity index (χ4n) is 8.33. The van der Waals surface area contributed by atoms with Gasteiger partial charge < -0.3 is 4.98 Å². The fraction of sp³-hybridized carbons (Fsp3) is 0.233. The Balaban J connectivity index is 0.000000287. The highest BCUT2D eigenvalue weighted by molar-refractivity contribution is 6.02. The van der Waals surface area contributed by atoms with E-state index in [1.165, 1.54) is 77.6 Å². The summed E-state index contributed by atoms with van der Waals surface area (Å²) in [5.41, 5.74) is 17.4. The van der Waals surface area contributed by atoms with E-state index in [0.717, 1.165) is 36.7 Å². The van der Waals surface area contributed by atoms with E-state index in [1.54, 1.807) is 18.0 Å². The van der Waals surface area contributed by atoms with Crippen molar-refractivity contribution in [1.29, 1.82) is 0 Å². The summed E-state index contributed by atoms with van der Waals surface area (Å²) in [6.45, 7) is 12.1. The minimum Gasteiger partial charge on any atom is -0.361 e. The number of H-pyrrole nitrogens is 1. The average molecular weight is 628 g/mol. The molecule has 5 heteroatoms. The van der Waals surface area contributed by atoms with Crippen molar-refractivity contribution < 1.29 is 0 Å². The molecule has 0 saturated carbocycles. The van der Waals surface area contributed by atoms with Crippen LogP contribution in [0.5, 0.6) is 0 Å². The van der Waals surface area contributed by atoms with Crippen LogP contribution in [-0.4, -0.2) is 24.7 Å². The van der Waals surface area contributed by atoms with Crippen LogP contribution in [0.2, 0.25) is 0 Å². The molecule has 1 unspecified atom stereocenters. The summed E-state index contributed by atoms with van der Waals surface area (Å²) < 4.78 is 2.18. The molecule has 2 aliphatic rings. The van der Waals surface area contributed by atoms with Crippen LogP contribution < -0.4 is 0 Å². The molecule has 4 heterocycles. The monoisotopic (exact) mass is 627 g/mol. The first-order chi connectivity index (χ1) is 23.4. The maximum Gasteiger partial charge on any atom is 0.0732 e. The number of hydrogen-bond acceptors (Lipinski definition) is 3. The lowest BCUT2D eigenvalue weighted by molar-refractivity contribution is 0.631. The molecule has 0 fully saturated rings. The number of nitrogens with one attached hydrogen (secondary N) is 1. The molecule has 4 aromatic heterocycles. The number of pyridine rings is 2. The molecule has 48 heavy (non-hydrogen) atoms. The highest BCUT2D eigenvalue weighted by Crippen LogP contribution is 2.48. The van der Waals surface area contributed by atoms with Gasteiger partial charge in [-0.15, -0.1) is 0 Å². The first kappa shape index (κ1) is 30.1. The van der Waals surface area contributed by atoms with Crippen molar-refractivity contribution in [3.05, 3.63) is 142 Å². The number of hydrogen-bond donors (Lipinski definition) is 1. The van der Waals surface area contributed by atoms with Crippen LogP contribution in [0.3, 0.4) is 0 Å². The molecule has 238 valence electrons. The molecule has 0 amide bonds. The summed E-state index contributed by atoms with van der Waals surface area (Å²) in [6.07, 6.45) is 15.5. The van der Waals surface area contributed by atoms with Gasteiger partial charge in [-0.05, 0) is 134 Å². The Morgan fingerprint density at radius 2 is 1.77 bits per heavy atom. The zero-order valence-corrected chi connectivity index (χ0v) is 28.4. The molecule has 0 aliphatic heterocycles. The lowest BCUT2D eigenvalue weighted by Gasteiger charge is -2.33. The van der Waals surface area contributed by atoms with Gasteiger partial charge in [0.15, 0.2) is 0 Å². The van der Waals surface area contributed by atoms with Gasteiger partial charge in [-0.25, -0.2) is 0 Å². The molecule has 0 saturated heterocycles. The Bertz CT molecular complexity index is 2350. The van der Waals surface area contributed by atoms with E-state index < -0.39 is 0 Å². The molecular formula is C43H41N5. The van der Waals surface area contributed by atoms with Gasteiger partial charge in [0.05, 0.1) is 11.2 Å². The summed E-state index contributed by atoms with van der Waals surface area (Å²) in [5.74, 6) is 0.392. The van der Waals surface area contributed by atoms with Gasteiger partial charge in [0.25, 0.3) is 0 Å². The highest BCUT2D eigenvalue weighted by atomic mass is 15.3. The molecule has 9 rings (SSSR count). The van der Waals surface area contributed by atoms with Gasteiger partial charge in [-0.2, -0.15) is 5.10 Å². The van der Waals surface area contributed by atoms with Gasteiger partial charge in [0.2, 0.25) is 0 Å². The molecule has 0 spiro atoms. The summed E-state index contributed by atoms with van der Waals surface area (Å²) in [4.78, 5) is 11.5. The first-order valence-electron chi connectivity index (χ1n) is 17.1. The predicted octanol–water partition coefficient (Wildman–Crippen LogP) is 10.5. The van der Waals surface area contributed by atoms with Gasteiger partial charge >= 0.3 is 0 Å². The number of aromatic amines is 1. The third kappa shape index (κ3) is 4.96. The topological polar surface area (TPSA) is 59.4 Å². The Morgan fingerprint density at radius 3 is 2.60 bits per heavy atom. The van der Waals surface area contributed by atoms with Crippen molar-refractivity contribution >= 4 is 38.2 Å². The Labute approximate surface area is 282 Å². The second kappa shape index (κ2) is 12.1.